The molecule has 3 aromatic rings. The van der Waals surface area contributed by atoms with Crippen molar-refractivity contribution in [3.63, 3.8) is 0 Å². The summed E-state index contributed by atoms with van der Waals surface area (Å²) in [5.74, 6) is 0.402. The van der Waals surface area contributed by atoms with Crippen molar-refractivity contribution in [3.05, 3.63) is 44.9 Å². The third-order valence-electron chi connectivity index (χ3n) is 4.78. The number of halogens is 1. The molecule has 1 aliphatic rings. The van der Waals surface area contributed by atoms with Crippen molar-refractivity contribution in [3.8, 4) is 11.8 Å². The number of aromatic nitrogens is 5. The fourth-order valence-electron chi connectivity index (χ4n) is 2.87. The number of hydrogen-bond donors (Lipinski definition) is 1. The van der Waals surface area contributed by atoms with E-state index in [0.29, 0.717) is 25.0 Å². The van der Waals surface area contributed by atoms with Crippen molar-refractivity contribution in [1.82, 2.24) is 23.2 Å². The van der Waals surface area contributed by atoms with Crippen LogP contribution in [-0.4, -0.2) is 33.9 Å². The zero-order valence-corrected chi connectivity index (χ0v) is 15.6. The first-order valence-corrected chi connectivity index (χ1v) is 8.84. The highest BCUT2D eigenvalue weighted by atomic mass is 35.5. The largest absolute Gasteiger partial charge is 0.423 e. The fraction of sp³-hybridized carbons (Fsp3) is 0.412. The summed E-state index contributed by atoms with van der Waals surface area (Å²) in [6, 6.07) is 3.43. The van der Waals surface area contributed by atoms with Crippen molar-refractivity contribution in [1.29, 1.82) is 0 Å². The molecule has 1 N–H and O–H groups in total. The van der Waals surface area contributed by atoms with E-state index in [9.17, 15) is 14.7 Å². The van der Waals surface area contributed by atoms with Crippen molar-refractivity contribution in [2.45, 2.75) is 38.3 Å². The van der Waals surface area contributed by atoms with E-state index >= 15 is 0 Å². The van der Waals surface area contributed by atoms with Gasteiger partial charge in [-0.3, -0.25) is 18.9 Å². The van der Waals surface area contributed by atoms with Crippen LogP contribution >= 0.6 is 11.8 Å². The van der Waals surface area contributed by atoms with Crippen LogP contribution in [0.4, 0.5) is 0 Å². The van der Waals surface area contributed by atoms with Gasteiger partial charge >= 0.3 is 11.7 Å². The summed E-state index contributed by atoms with van der Waals surface area (Å²) in [5.41, 5.74) is -0.878. The third kappa shape index (κ3) is 3.13. The minimum absolute atomic E-state index is 0.0385. The zero-order valence-electron chi connectivity index (χ0n) is 14.8. The van der Waals surface area contributed by atoms with E-state index in [1.807, 2.05) is 6.92 Å². The van der Waals surface area contributed by atoms with Gasteiger partial charge in [0.25, 0.3) is 5.56 Å². The second-order valence-electron chi connectivity index (χ2n) is 6.86. The Morgan fingerprint density at radius 1 is 1.33 bits per heavy atom. The summed E-state index contributed by atoms with van der Waals surface area (Å²) in [7, 11) is 1.51. The maximum Gasteiger partial charge on any atom is 0.332 e. The second kappa shape index (κ2) is 6.21. The molecule has 1 saturated carbocycles. The highest BCUT2D eigenvalue weighted by molar-refractivity contribution is 6.19. The average molecular weight is 392 g/mol. The molecule has 0 atom stereocenters. The van der Waals surface area contributed by atoms with Crippen molar-refractivity contribution < 1.29 is 9.84 Å². The van der Waals surface area contributed by atoms with E-state index in [0.717, 1.165) is 14.3 Å². The van der Waals surface area contributed by atoms with Crippen LogP contribution in [0.25, 0.3) is 11.2 Å². The van der Waals surface area contributed by atoms with Gasteiger partial charge in [0.05, 0.1) is 11.8 Å². The lowest BCUT2D eigenvalue weighted by Crippen LogP contribution is -2.40. The molecule has 0 unspecified atom stereocenters. The van der Waals surface area contributed by atoms with Gasteiger partial charge in [0, 0.05) is 31.1 Å². The number of aryl methyl sites for hydroxylation is 2. The number of imidazole rings is 1. The van der Waals surface area contributed by atoms with Crippen LogP contribution in [-0.2, 0) is 13.6 Å². The summed E-state index contributed by atoms with van der Waals surface area (Å²) >= 11 is 6.27. The van der Waals surface area contributed by atoms with Crippen molar-refractivity contribution >= 4 is 22.9 Å². The molecular formula is C17H18ClN5O4. The highest BCUT2D eigenvalue weighted by Gasteiger charge is 2.40. The molecule has 0 amide bonds. The lowest BCUT2D eigenvalue weighted by atomic mass is 10.2. The van der Waals surface area contributed by atoms with Crippen LogP contribution in [0.2, 0.25) is 0 Å². The van der Waals surface area contributed by atoms with Gasteiger partial charge in [-0.05, 0) is 38.3 Å². The average Bonchev–Trinajstić information content (AvgIpc) is 3.28. The predicted octanol–water partition coefficient (Wildman–Crippen LogP) is 1.31. The Bertz CT molecular complexity index is 1140. The lowest BCUT2D eigenvalue weighted by molar-refractivity contribution is 0.133. The number of nitrogens with zero attached hydrogens (tertiary/aromatic N) is 5. The van der Waals surface area contributed by atoms with Crippen LogP contribution < -0.4 is 16.0 Å². The summed E-state index contributed by atoms with van der Waals surface area (Å²) < 4.78 is 8.93. The van der Waals surface area contributed by atoms with Gasteiger partial charge < -0.3 is 9.84 Å². The summed E-state index contributed by atoms with van der Waals surface area (Å²) in [6.45, 7) is 1.95. The Kier molecular flexibility index (Phi) is 4.08. The minimum atomic E-state index is -0.771. The van der Waals surface area contributed by atoms with Crippen LogP contribution in [0.5, 0.6) is 11.8 Å². The maximum absolute atomic E-state index is 12.8. The van der Waals surface area contributed by atoms with E-state index in [-0.39, 0.29) is 23.7 Å². The van der Waals surface area contributed by atoms with Crippen LogP contribution in [0.15, 0.2) is 27.9 Å². The first-order chi connectivity index (χ1) is 12.8. The molecule has 142 valence electrons. The van der Waals surface area contributed by atoms with Gasteiger partial charge in [0.2, 0.25) is 0 Å². The Labute approximate surface area is 158 Å². The van der Waals surface area contributed by atoms with Gasteiger partial charge in [0.1, 0.15) is 5.75 Å². The molecule has 3 aromatic heterocycles. The lowest BCUT2D eigenvalue weighted by Gasteiger charge is -2.10. The number of ether oxygens (including phenoxy) is 1. The van der Waals surface area contributed by atoms with Gasteiger partial charge in [-0.15, -0.1) is 0 Å². The summed E-state index contributed by atoms with van der Waals surface area (Å²) in [6.07, 6.45) is 3.21. The molecule has 0 spiro atoms. The van der Waals surface area contributed by atoms with Gasteiger partial charge in [-0.25, -0.2) is 4.79 Å². The molecule has 0 radical (unpaired) electrons. The number of hydrogen-bond acceptors (Lipinski definition) is 6. The van der Waals surface area contributed by atoms with Crippen LogP contribution in [0.1, 0.15) is 25.0 Å². The van der Waals surface area contributed by atoms with Crippen LogP contribution in [0.3, 0.4) is 0 Å². The Balaban J connectivity index is 1.78. The minimum Gasteiger partial charge on any atom is -0.423 e. The summed E-state index contributed by atoms with van der Waals surface area (Å²) in [4.78, 5) is 33.7. The van der Waals surface area contributed by atoms with Crippen LogP contribution in [0, 0.1) is 6.92 Å². The number of rotatable bonds is 5. The molecule has 0 aromatic carbocycles. The van der Waals surface area contributed by atoms with Crippen molar-refractivity contribution in [2.24, 2.45) is 7.05 Å². The zero-order chi connectivity index (χ0) is 19.3. The normalized spacial score (nSPS) is 15.3. The second-order valence-corrected chi connectivity index (χ2v) is 7.20. The maximum atomic E-state index is 12.8. The molecule has 0 aliphatic heterocycles. The topological polar surface area (TPSA) is 104 Å². The predicted molar refractivity (Wildman–Crippen MR) is 98.3 cm³/mol. The monoisotopic (exact) mass is 391 g/mol. The molecular weight excluding hydrogens is 374 g/mol. The van der Waals surface area contributed by atoms with Crippen molar-refractivity contribution in [2.75, 3.05) is 0 Å². The number of aliphatic hydroxyl groups is 1. The summed E-state index contributed by atoms with van der Waals surface area (Å²) in [5, 5.41) is 10.0. The van der Waals surface area contributed by atoms with E-state index in [2.05, 4.69) is 9.97 Å². The van der Waals surface area contributed by atoms with E-state index < -0.39 is 16.9 Å². The molecule has 27 heavy (non-hydrogen) atoms. The quantitative estimate of drug-likeness (QED) is 0.703. The first-order valence-electron chi connectivity index (χ1n) is 8.50. The smallest absolute Gasteiger partial charge is 0.332 e. The Hall–Kier alpha value is -2.65. The number of fused-ring (bicyclic) bond motifs is 1. The molecule has 1 aliphatic carbocycles. The molecule has 3 heterocycles. The first kappa shape index (κ1) is 17.7. The Morgan fingerprint density at radius 3 is 2.70 bits per heavy atom. The number of pyridine rings is 1. The van der Waals surface area contributed by atoms with E-state index in [1.165, 1.54) is 17.8 Å². The SMILES string of the molecule is Cc1ccc(Oc2nc3c(c(=O)n(CCC4(O)CC4)c(=O)n3C)n2Cl)cn1. The fourth-order valence-corrected chi connectivity index (χ4v) is 3.09. The molecule has 1 fully saturated rings. The molecule has 10 heteroatoms. The molecule has 0 saturated heterocycles. The van der Waals surface area contributed by atoms with E-state index in [1.54, 1.807) is 12.1 Å². The standard InChI is InChI=1S/C17H18ClN5O4/c1-10-3-4-11(9-19-10)27-15-20-13-12(23(15)18)14(24)22(16(25)21(13)2)8-7-17(26)5-6-17/h3-4,9,26H,5-8H2,1-2H3. The highest BCUT2D eigenvalue weighted by Crippen LogP contribution is 2.38. The van der Waals surface area contributed by atoms with Gasteiger partial charge in [-0.2, -0.15) is 9.07 Å². The van der Waals surface area contributed by atoms with Gasteiger partial charge in [-0.1, -0.05) is 0 Å². The Morgan fingerprint density at radius 2 is 2.07 bits per heavy atom. The molecule has 4 rings (SSSR count). The molecule has 0 bridgehead atoms. The molecule has 9 nitrogen and oxygen atoms in total. The van der Waals surface area contributed by atoms with E-state index in [4.69, 9.17) is 16.5 Å². The third-order valence-corrected chi connectivity index (χ3v) is 5.10. The van der Waals surface area contributed by atoms with Gasteiger partial charge in [0.15, 0.2) is 11.2 Å².